The molecule has 0 bridgehead atoms. The molecule has 1 aromatic rings. The summed E-state index contributed by atoms with van der Waals surface area (Å²) in [6, 6.07) is 3.19. The van der Waals surface area contributed by atoms with E-state index in [2.05, 4.69) is 5.32 Å². The fraction of sp³-hybridized carbons (Fsp3) is 0.636. The topological polar surface area (TPSA) is 62.6 Å². The van der Waals surface area contributed by atoms with Crippen LogP contribution >= 0.6 is 0 Å². The summed E-state index contributed by atoms with van der Waals surface area (Å²) in [7, 11) is -3.52. The monoisotopic (exact) mass is 258 g/mol. The Bertz CT molecular complexity index is 505. The quantitative estimate of drug-likeness (QED) is 0.858. The van der Waals surface area contributed by atoms with Crippen molar-refractivity contribution in [1.29, 1.82) is 0 Å². The zero-order valence-corrected chi connectivity index (χ0v) is 11.2. The van der Waals surface area contributed by atoms with Crippen LogP contribution in [-0.2, 0) is 10.0 Å². The van der Waals surface area contributed by atoms with Crippen LogP contribution in [0.3, 0.4) is 0 Å². The van der Waals surface area contributed by atoms with Gasteiger partial charge in [0.05, 0.1) is 0 Å². The lowest BCUT2D eigenvalue weighted by Gasteiger charge is -2.40. The Morgan fingerprint density at radius 1 is 1.41 bits per heavy atom. The lowest BCUT2D eigenvalue weighted by molar-refractivity contribution is 0.182. The molecule has 0 spiro atoms. The Morgan fingerprint density at radius 3 is 2.65 bits per heavy atom. The SMILES string of the molecule is Cc1ccc(S(=O)(=O)N2CCNCC2(C)C)o1. The fourth-order valence-corrected chi connectivity index (χ4v) is 3.81. The lowest BCUT2D eigenvalue weighted by Crippen LogP contribution is -2.59. The van der Waals surface area contributed by atoms with Crippen LogP contribution in [0.25, 0.3) is 0 Å². The number of hydrogen-bond donors (Lipinski definition) is 1. The third kappa shape index (κ3) is 2.25. The van der Waals surface area contributed by atoms with Gasteiger partial charge in [-0.3, -0.25) is 0 Å². The molecular weight excluding hydrogens is 240 g/mol. The van der Waals surface area contributed by atoms with Gasteiger partial charge in [0, 0.05) is 25.2 Å². The van der Waals surface area contributed by atoms with Crippen molar-refractivity contribution in [3.63, 3.8) is 0 Å². The summed E-state index contributed by atoms with van der Waals surface area (Å²) in [5.74, 6) is 0.608. The molecule has 2 rings (SSSR count). The minimum atomic E-state index is -3.52. The number of aryl methyl sites for hydroxylation is 1. The van der Waals surface area contributed by atoms with Gasteiger partial charge in [-0.2, -0.15) is 4.31 Å². The van der Waals surface area contributed by atoms with Crippen LogP contribution in [0.5, 0.6) is 0 Å². The van der Waals surface area contributed by atoms with Gasteiger partial charge in [0.2, 0.25) is 5.09 Å². The average Bonchev–Trinajstić information content (AvgIpc) is 2.64. The van der Waals surface area contributed by atoms with Crippen LogP contribution in [0.4, 0.5) is 0 Å². The van der Waals surface area contributed by atoms with E-state index in [1.807, 2.05) is 13.8 Å². The Labute approximate surface area is 102 Å². The number of hydrogen-bond acceptors (Lipinski definition) is 4. The fourth-order valence-electron chi connectivity index (χ4n) is 2.07. The molecule has 1 aliphatic heterocycles. The molecule has 96 valence electrons. The Hall–Kier alpha value is -0.850. The third-order valence-corrected chi connectivity index (χ3v) is 4.97. The maximum absolute atomic E-state index is 12.4. The van der Waals surface area contributed by atoms with Crippen LogP contribution in [0, 0.1) is 6.92 Å². The summed E-state index contributed by atoms with van der Waals surface area (Å²) in [4.78, 5) is 0. The van der Waals surface area contributed by atoms with E-state index in [1.54, 1.807) is 13.0 Å². The van der Waals surface area contributed by atoms with Gasteiger partial charge >= 0.3 is 0 Å². The average molecular weight is 258 g/mol. The highest BCUT2D eigenvalue weighted by Crippen LogP contribution is 2.26. The molecule has 0 saturated carbocycles. The second kappa shape index (κ2) is 4.12. The summed E-state index contributed by atoms with van der Waals surface area (Å²) >= 11 is 0. The lowest BCUT2D eigenvalue weighted by atomic mass is 10.0. The van der Waals surface area contributed by atoms with Crippen LogP contribution in [0.1, 0.15) is 19.6 Å². The van der Waals surface area contributed by atoms with Crippen molar-refractivity contribution < 1.29 is 12.8 Å². The smallest absolute Gasteiger partial charge is 0.277 e. The number of rotatable bonds is 2. The zero-order valence-electron chi connectivity index (χ0n) is 10.4. The molecule has 0 atom stereocenters. The van der Waals surface area contributed by atoms with E-state index in [0.29, 0.717) is 25.4 Å². The molecule has 6 heteroatoms. The molecular formula is C11H18N2O3S. The predicted molar refractivity (Wildman–Crippen MR) is 64.3 cm³/mol. The molecule has 1 aliphatic rings. The highest BCUT2D eigenvalue weighted by Gasteiger charge is 2.40. The van der Waals surface area contributed by atoms with Crippen LogP contribution < -0.4 is 5.32 Å². The van der Waals surface area contributed by atoms with E-state index < -0.39 is 15.6 Å². The second-order valence-electron chi connectivity index (χ2n) is 4.93. The standard InChI is InChI=1S/C11H18N2O3S/c1-9-4-5-10(16-9)17(14,15)13-7-6-12-8-11(13,2)3/h4-5,12H,6-8H2,1-3H3. The Morgan fingerprint density at radius 2 is 2.12 bits per heavy atom. The first-order valence-electron chi connectivity index (χ1n) is 5.64. The van der Waals surface area contributed by atoms with Gasteiger partial charge in [-0.1, -0.05) is 0 Å². The number of nitrogens with one attached hydrogen (secondary N) is 1. The van der Waals surface area contributed by atoms with Crippen LogP contribution in [0.15, 0.2) is 21.6 Å². The molecule has 0 aliphatic carbocycles. The molecule has 0 amide bonds. The van der Waals surface area contributed by atoms with E-state index in [4.69, 9.17) is 4.42 Å². The molecule has 1 saturated heterocycles. The molecule has 5 nitrogen and oxygen atoms in total. The van der Waals surface area contributed by atoms with Crippen molar-refractivity contribution in [1.82, 2.24) is 9.62 Å². The van der Waals surface area contributed by atoms with Crippen molar-refractivity contribution >= 4 is 10.0 Å². The van der Waals surface area contributed by atoms with E-state index in [9.17, 15) is 8.42 Å². The first kappa shape index (κ1) is 12.6. The van der Waals surface area contributed by atoms with Gasteiger partial charge in [-0.15, -0.1) is 0 Å². The maximum atomic E-state index is 12.4. The molecule has 0 unspecified atom stereocenters. The third-order valence-electron chi connectivity index (χ3n) is 2.98. The van der Waals surface area contributed by atoms with Crippen LogP contribution in [0.2, 0.25) is 0 Å². The summed E-state index contributed by atoms with van der Waals surface area (Å²) < 4.78 is 31.6. The first-order chi connectivity index (χ1) is 7.84. The maximum Gasteiger partial charge on any atom is 0.277 e. The predicted octanol–water partition coefficient (Wildman–Crippen LogP) is 0.961. The number of nitrogens with zero attached hydrogens (tertiary/aromatic N) is 1. The summed E-state index contributed by atoms with van der Waals surface area (Å²) in [5, 5.41) is 3.23. The normalized spacial score (nSPS) is 21.6. The second-order valence-corrected chi connectivity index (χ2v) is 6.72. The zero-order chi connectivity index (χ0) is 12.7. The summed E-state index contributed by atoms with van der Waals surface area (Å²) in [6.07, 6.45) is 0. The molecule has 0 radical (unpaired) electrons. The summed E-state index contributed by atoms with van der Waals surface area (Å²) in [5.41, 5.74) is -0.433. The highest BCUT2D eigenvalue weighted by atomic mass is 32.2. The number of piperazine rings is 1. The minimum absolute atomic E-state index is 0.0324. The van der Waals surface area contributed by atoms with Crippen molar-refractivity contribution in [2.75, 3.05) is 19.6 Å². The summed E-state index contributed by atoms with van der Waals surface area (Å²) in [6.45, 7) is 7.34. The molecule has 1 N–H and O–H groups in total. The van der Waals surface area contributed by atoms with Crippen molar-refractivity contribution in [3.8, 4) is 0 Å². The van der Waals surface area contributed by atoms with Crippen LogP contribution in [-0.4, -0.2) is 37.9 Å². The van der Waals surface area contributed by atoms with E-state index in [1.165, 1.54) is 10.4 Å². The molecule has 1 fully saturated rings. The van der Waals surface area contributed by atoms with Gasteiger partial charge in [-0.25, -0.2) is 8.42 Å². The van der Waals surface area contributed by atoms with E-state index in [-0.39, 0.29) is 5.09 Å². The van der Waals surface area contributed by atoms with Gasteiger partial charge in [0.1, 0.15) is 5.76 Å². The van der Waals surface area contributed by atoms with Crippen molar-refractivity contribution in [3.05, 3.63) is 17.9 Å². The Kier molecular flexibility index (Phi) is 3.05. The molecule has 1 aromatic heterocycles. The molecule has 0 aromatic carbocycles. The van der Waals surface area contributed by atoms with E-state index in [0.717, 1.165) is 0 Å². The van der Waals surface area contributed by atoms with E-state index >= 15 is 0 Å². The Balaban J connectivity index is 2.38. The highest BCUT2D eigenvalue weighted by molar-refractivity contribution is 7.89. The van der Waals surface area contributed by atoms with Gasteiger partial charge in [0.15, 0.2) is 0 Å². The minimum Gasteiger partial charge on any atom is -0.449 e. The largest absolute Gasteiger partial charge is 0.449 e. The van der Waals surface area contributed by atoms with Gasteiger partial charge in [0.25, 0.3) is 10.0 Å². The number of furan rings is 1. The first-order valence-corrected chi connectivity index (χ1v) is 7.08. The van der Waals surface area contributed by atoms with Crippen molar-refractivity contribution in [2.24, 2.45) is 0 Å². The molecule has 2 heterocycles. The molecule has 17 heavy (non-hydrogen) atoms. The number of sulfonamides is 1. The van der Waals surface area contributed by atoms with Gasteiger partial charge < -0.3 is 9.73 Å². The van der Waals surface area contributed by atoms with Gasteiger partial charge in [-0.05, 0) is 32.9 Å². The van der Waals surface area contributed by atoms with Crippen molar-refractivity contribution in [2.45, 2.75) is 31.4 Å².